The van der Waals surface area contributed by atoms with Crippen molar-refractivity contribution in [1.29, 1.82) is 0 Å². The molecule has 0 saturated carbocycles. The first-order valence-corrected chi connectivity index (χ1v) is 9.11. The zero-order valence-corrected chi connectivity index (χ0v) is 16.6. The quantitative estimate of drug-likeness (QED) is 0.794. The average Bonchev–Trinajstić information content (AvgIpc) is 2.50. The standard InChI is InChI=1S/C18H24BrFN2O3/c1-11-7-8-13(20)14(15(11)19)16(23)21-12-6-5-9-22(10-12)17(24)25-18(2,3)4/h7-8,12H,5-6,9-10H2,1-4H3,(H,21,23)/t12-/m1/s1. The first-order valence-electron chi connectivity index (χ1n) is 8.32. The van der Waals surface area contributed by atoms with E-state index in [4.69, 9.17) is 4.74 Å². The Bertz CT molecular complexity index is 673. The van der Waals surface area contributed by atoms with Crippen molar-refractivity contribution in [2.75, 3.05) is 13.1 Å². The van der Waals surface area contributed by atoms with Crippen molar-refractivity contribution in [3.05, 3.63) is 33.5 Å². The minimum atomic E-state index is -0.574. The predicted molar refractivity (Wildman–Crippen MR) is 97.1 cm³/mol. The summed E-state index contributed by atoms with van der Waals surface area (Å²) in [4.78, 5) is 26.3. The Labute approximate surface area is 156 Å². The van der Waals surface area contributed by atoms with Gasteiger partial charge in [0.1, 0.15) is 11.4 Å². The van der Waals surface area contributed by atoms with Crippen LogP contribution in [0.2, 0.25) is 0 Å². The second-order valence-electron chi connectivity index (χ2n) is 7.29. The summed E-state index contributed by atoms with van der Waals surface area (Å²) < 4.78 is 19.9. The maximum Gasteiger partial charge on any atom is 0.410 e. The number of nitrogens with one attached hydrogen (secondary N) is 1. The summed E-state index contributed by atoms with van der Waals surface area (Å²) >= 11 is 3.28. The molecule has 1 fully saturated rings. The SMILES string of the molecule is Cc1ccc(F)c(C(=O)N[C@@H]2CCCN(C(=O)OC(C)(C)C)C2)c1Br. The van der Waals surface area contributed by atoms with E-state index in [0.717, 1.165) is 18.4 Å². The topological polar surface area (TPSA) is 58.6 Å². The van der Waals surface area contributed by atoms with Gasteiger partial charge in [0.2, 0.25) is 0 Å². The van der Waals surface area contributed by atoms with E-state index in [2.05, 4.69) is 21.2 Å². The molecule has 25 heavy (non-hydrogen) atoms. The van der Waals surface area contributed by atoms with Crippen LogP contribution in [0.25, 0.3) is 0 Å². The molecule has 1 N–H and O–H groups in total. The molecule has 0 radical (unpaired) electrons. The Morgan fingerprint density at radius 3 is 2.68 bits per heavy atom. The molecule has 1 aromatic rings. The van der Waals surface area contributed by atoms with Gasteiger partial charge in [0, 0.05) is 23.6 Å². The van der Waals surface area contributed by atoms with Crippen LogP contribution < -0.4 is 5.32 Å². The summed E-state index contributed by atoms with van der Waals surface area (Å²) in [5, 5.41) is 2.83. The van der Waals surface area contributed by atoms with Crippen molar-refractivity contribution in [3.63, 3.8) is 0 Å². The normalized spacial score (nSPS) is 18.0. The van der Waals surface area contributed by atoms with Gasteiger partial charge in [-0.15, -0.1) is 0 Å². The molecule has 2 rings (SSSR count). The fourth-order valence-corrected chi connectivity index (χ4v) is 3.21. The molecule has 2 amide bonds. The monoisotopic (exact) mass is 414 g/mol. The number of aryl methyl sites for hydroxylation is 1. The van der Waals surface area contributed by atoms with Gasteiger partial charge in [-0.25, -0.2) is 9.18 Å². The zero-order chi connectivity index (χ0) is 18.8. The number of likely N-dealkylation sites (tertiary alicyclic amines) is 1. The molecule has 0 bridgehead atoms. The van der Waals surface area contributed by atoms with Crippen LogP contribution in [0, 0.1) is 12.7 Å². The summed E-state index contributed by atoms with van der Waals surface area (Å²) in [6, 6.07) is 2.66. The number of amides is 2. The van der Waals surface area contributed by atoms with E-state index in [1.165, 1.54) is 6.07 Å². The highest BCUT2D eigenvalue weighted by molar-refractivity contribution is 9.10. The largest absolute Gasteiger partial charge is 0.444 e. The molecule has 1 heterocycles. The lowest BCUT2D eigenvalue weighted by atomic mass is 10.0. The van der Waals surface area contributed by atoms with Crippen molar-refractivity contribution >= 4 is 27.9 Å². The Kier molecular flexibility index (Phi) is 6.08. The molecule has 1 atom stereocenters. The molecule has 1 aliphatic rings. The van der Waals surface area contributed by atoms with Gasteiger partial charge in [0.15, 0.2) is 0 Å². The lowest BCUT2D eigenvalue weighted by Gasteiger charge is -2.34. The maximum absolute atomic E-state index is 14.1. The Balaban J connectivity index is 2.04. The van der Waals surface area contributed by atoms with Crippen molar-refractivity contribution in [3.8, 4) is 0 Å². The summed E-state index contributed by atoms with van der Waals surface area (Å²) in [6.45, 7) is 8.17. The number of carbonyl (C=O) groups excluding carboxylic acids is 2. The molecule has 0 aromatic heterocycles. The lowest BCUT2D eigenvalue weighted by Crippen LogP contribution is -2.50. The summed E-state index contributed by atoms with van der Waals surface area (Å²) in [6.07, 6.45) is 1.09. The number of ether oxygens (including phenoxy) is 1. The Morgan fingerprint density at radius 1 is 1.36 bits per heavy atom. The predicted octanol–water partition coefficient (Wildman–Crippen LogP) is 4.03. The molecule has 7 heteroatoms. The van der Waals surface area contributed by atoms with E-state index in [-0.39, 0.29) is 11.6 Å². The molecule has 1 aliphatic heterocycles. The molecule has 0 spiro atoms. The van der Waals surface area contributed by atoms with E-state index < -0.39 is 23.4 Å². The summed E-state index contributed by atoms with van der Waals surface area (Å²) in [5.74, 6) is -1.06. The highest BCUT2D eigenvalue weighted by Crippen LogP contribution is 2.24. The van der Waals surface area contributed by atoms with Gasteiger partial charge in [-0.3, -0.25) is 4.79 Å². The molecule has 5 nitrogen and oxygen atoms in total. The van der Waals surface area contributed by atoms with Crippen LogP contribution in [0.1, 0.15) is 49.5 Å². The third-order valence-corrected chi connectivity index (χ3v) is 4.94. The second kappa shape index (κ2) is 7.72. The fraction of sp³-hybridized carbons (Fsp3) is 0.556. The molecule has 0 unspecified atom stereocenters. The highest BCUT2D eigenvalue weighted by Gasteiger charge is 2.29. The molecule has 0 aliphatic carbocycles. The molecule has 1 saturated heterocycles. The van der Waals surface area contributed by atoms with Gasteiger partial charge in [-0.05, 0) is 68.1 Å². The first kappa shape index (κ1) is 19.7. The van der Waals surface area contributed by atoms with Gasteiger partial charge >= 0.3 is 6.09 Å². The van der Waals surface area contributed by atoms with E-state index in [0.29, 0.717) is 17.6 Å². The van der Waals surface area contributed by atoms with Gasteiger partial charge in [0.05, 0.1) is 5.56 Å². The van der Waals surface area contributed by atoms with Crippen LogP contribution in [-0.4, -0.2) is 41.6 Å². The van der Waals surface area contributed by atoms with Crippen LogP contribution in [0.15, 0.2) is 16.6 Å². The molecule has 138 valence electrons. The van der Waals surface area contributed by atoms with Crippen LogP contribution in [0.5, 0.6) is 0 Å². The van der Waals surface area contributed by atoms with Crippen molar-refractivity contribution < 1.29 is 18.7 Å². The Morgan fingerprint density at radius 2 is 2.04 bits per heavy atom. The number of carbonyl (C=O) groups is 2. The van der Waals surface area contributed by atoms with E-state index in [9.17, 15) is 14.0 Å². The van der Waals surface area contributed by atoms with E-state index in [1.807, 2.05) is 20.8 Å². The number of piperidine rings is 1. The van der Waals surface area contributed by atoms with Gasteiger partial charge in [-0.1, -0.05) is 6.07 Å². The fourth-order valence-electron chi connectivity index (χ4n) is 2.71. The van der Waals surface area contributed by atoms with Crippen LogP contribution in [0.3, 0.4) is 0 Å². The minimum Gasteiger partial charge on any atom is -0.444 e. The third kappa shape index (κ3) is 5.17. The maximum atomic E-state index is 14.1. The number of rotatable bonds is 2. The van der Waals surface area contributed by atoms with Gasteiger partial charge in [-0.2, -0.15) is 0 Å². The van der Waals surface area contributed by atoms with E-state index in [1.54, 1.807) is 17.9 Å². The number of nitrogens with zero attached hydrogens (tertiary/aromatic N) is 1. The van der Waals surface area contributed by atoms with Crippen LogP contribution in [0.4, 0.5) is 9.18 Å². The van der Waals surface area contributed by atoms with Crippen molar-refractivity contribution in [2.45, 2.75) is 52.2 Å². The van der Waals surface area contributed by atoms with Crippen LogP contribution >= 0.6 is 15.9 Å². The Hall–Kier alpha value is -1.63. The first-order chi connectivity index (χ1) is 11.6. The number of halogens is 2. The number of benzene rings is 1. The zero-order valence-electron chi connectivity index (χ0n) is 15.0. The number of hydrogen-bond donors (Lipinski definition) is 1. The molecule has 1 aromatic carbocycles. The van der Waals surface area contributed by atoms with Crippen molar-refractivity contribution in [2.24, 2.45) is 0 Å². The third-order valence-electron chi connectivity index (χ3n) is 3.92. The average molecular weight is 415 g/mol. The van der Waals surface area contributed by atoms with Crippen LogP contribution in [-0.2, 0) is 4.74 Å². The van der Waals surface area contributed by atoms with Crippen molar-refractivity contribution in [1.82, 2.24) is 10.2 Å². The smallest absolute Gasteiger partial charge is 0.410 e. The highest BCUT2D eigenvalue weighted by atomic mass is 79.9. The molecular weight excluding hydrogens is 391 g/mol. The molecular formula is C18H24BrFN2O3. The summed E-state index contributed by atoms with van der Waals surface area (Å²) in [5.41, 5.74) is 0.211. The van der Waals surface area contributed by atoms with E-state index >= 15 is 0 Å². The minimum absolute atomic E-state index is 0.00519. The van der Waals surface area contributed by atoms with Gasteiger partial charge in [0.25, 0.3) is 5.91 Å². The number of hydrogen-bond acceptors (Lipinski definition) is 3. The van der Waals surface area contributed by atoms with Gasteiger partial charge < -0.3 is 15.0 Å². The summed E-state index contributed by atoms with van der Waals surface area (Å²) in [7, 11) is 0. The lowest BCUT2D eigenvalue weighted by molar-refractivity contribution is 0.0185. The second-order valence-corrected chi connectivity index (χ2v) is 8.09.